The summed E-state index contributed by atoms with van der Waals surface area (Å²) in [6.07, 6.45) is 5.84. The van der Waals surface area contributed by atoms with Crippen LogP contribution in [0.1, 0.15) is 42.7 Å². The van der Waals surface area contributed by atoms with Gasteiger partial charge in [-0.15, -0.1) is 0 Å². The maximum absolute atomic E-state index is 13.2. The third kappa shape index (κ3) is 3.50. The summed E-state index contributed by atoms with van der Waals surface area (Å²) in [5.74, 6) is 0.373. The Morgan fingerprint density at radius 1 is 1.04 bits per heavy atom. The SMILES string of the molecule is O=C(C1CCCCN1C(=O)c1ccco1)N1CCCC(C2OCCO2)C1. The molecule has 4 heterocycles. The second kappa shape index (κ2) is 7.80. The molecule has 7 nitrogen and oxygen atoms in total. The minimum absolute atomic E-state index is 0.0484. The van der Waals surface area contributed by atoms with Crippen LogP contribution in [0.3, 0.4) is 0 Å². The lowest BCUT2D eigenvalue weighted by Crippen LogP contribution is -2.55. The zero-order chi connectivity index (χ0) is 17.9. The Morgan fingerprint density at radius 3 is 2.65 bits per heavy atom. The molecule has 7 heteroatoms. The zero-order valence-electron chi connectivity index (χ0n) is 15.0. The van der Waals surface area contributed by atoms with E-state index in [-0.39, 0.29) is 24.0 Å². The van der Waals surface area contributed by atoms with Crippen LogP contribution in [0, 0.1) is 5.92 Å². The predicted molar refractivity (Wildman–Crippen MR) is 92.4 cm³/mol. The molecule has 26 heavy (non-hydrogen) atoms. The number of rotatable bonds is 3. The van der Waals surface area contributed by atoms with Gasteiger partial charge in [-0.05, 0) is 44.2 Å². The lowest BCUT2D eigenvalue weighted by Gasteiger charge is -2.40. The first-order valence-corrected chi connectivity index (χ1v) is 9.60. The van der Waals surface area contributed by atoms with E-state index in [4.69, 9.17) is 13.9 Å². The summed E-state index contributed by atoms with van der Waals surface area (Å²) < 4.78 is 16.5. The van der Waals surface area contributed by atoms with Gasteiger partial charge >= 0.3 is 0 Å². The predicted octanol–water partition coefficient (Wildman–Crippen LogP) is 1.89. The van der Waals surface area contributed by atoms with Crippen molar-refractivity contribution in [3.8, 4) is 0 Å². The summed E-state index contributed by atoms with van der Waals surface area (Å²) in [7, 11) is 0. The second-order valence-electron chi connectivity index (χ2n) is 7.28. The number of hydrogen-bond acceptors (Lipinski definition) is 5. The summed E-state index contributed by atoms with van der Waals surface area (Å²) in [4.78, 5) is 29.6. The summed E-state index contributed by atoms with van der Waals surface area (Å²) in [5.41, 5.74) is 0. The zero-order valence-corrected chi connectivity index (χ0v) is 15.0. The van der Waals surface area contributed by atoms with Crippen molar-refractivity contribution in [3.63, 3.8) is 0 Å². The van der Waals surface area contributed by atoms with Crippen LogP contribution < -0.4 is 0 Å². The van der Waals surface area contributed by atoms with Gasteiger partial charge in [-0.3, -0.25) is 9.59 Å². The fourth-order valence-electron chi connectivity index (χ4n) is 4.27. The van der Waals surface area contributed by atoms with E-state index >= 15 is 0 Å². The first-order chi connectivity index (χ1) is 12.7. The van der Waals surface area contributed by atoms with Crippen molar-refractivity contribution < 1.29 is 23.5 Å². The van der Waals surface area contributed by atoms with Crippen LogP contribution in [0.5, 0.6) is 0 Å². The van der Waals surface area contributed by atoms with Crippen LogP contribution in [0.2, 0.25) is 0 Å². The highest BCUT2D eigenvalue weighted by atomic mass is 16.7. The van der Waals surface area contributed by atoms with E-state index in [9.17, 15) is 9.59 Å². The van der Waals surface area contributed by atoms with Gasteiger partial charge in [-0.2, -0.15) is 0 Å². The molecule has 0 N–H and O–H groups in total. The Kier molecular flexibility index (Phi) is 5.26. The number of nitrogens with zero attached hydrogens (tertiary/aromatic N) is 2. The van der Waals surface area contributed by atoms with E-state index in [1.165, 1.54) is 6.26 Å². The van der Waals surface area contributed by atoms with E-state index in [1.54, 1.807) is 17.0 Å². The van der Waals surface area contributed by atoms with Crippen LogP contribution in [-0.2, 0) is 14.3 Å². The Bertz CT molecular complexity index is 626. The lowest BCUT2D eigenvalue weighted by molar-refractivity contribution is -0.144. The molecule has 2 unspecified atom stereocenters. The molecule has 1 aromatic heterocycles. The molecule has 0 bridgehead atoms. The van der Waals surface area contributed by atoms with Crippen molar-refractivity contribution in [2.24, 2.45) is 5.92 Å². The molecule has 0 spiro atoms. The largest absolute Gasteiger partial charge is 0.459 e. The maximum Gasteiger partial charge on any atom is 0.290 e. The molecular formula is C19H26N2O5. The number of carbonyl (C=O) groups excluding carboxylic acids is 2. The van der Waals surface area contributed by atoms with Crippen LogP contribution in [-0.4, -0.2) is 66.8 Å². The summed E-state index contributed by atoms with van der Waals surface area (Å²) in [6.45, 7) is 3.23. The number of furan rings is 1. The minimum atomic E-state index is -0.398. The molecule has 0 saturated carbocycles. The van der Waals surface area contributed by atoms with Gasteiger partial charge in [0.05, 0.1) is 19.5 Å². The molecule has 142 valence electrons. The van der Waals surface area contributed by atoms with E-state index < -0.39 is 6.04 Å². The highest BCUT2D eigenvalue weighted by molar-refractivity contribution is 5.95. The van der Waals surface area contributed by atoms with Gasteiger partial charge < -0.3 is 23.7 Å². The van der Waals surface area contributed by atoms with Gasteiger partial charge in [0.1, 0.15) is 6.04 Å². The topological polar surface area (TPSA) is 72.2 Å². The van der Waals surface area contributed by atoms with Gasteiger partial charge in [-0.25, -0.2) is 0 Å². The van der Waals surface area contributed by atoms with Crippen molar-refractivity contribution in [3.05, 3.63) is 24.2 Å². The third-order valence-corrected chi connectivity index (χ3v) is 5.58. The second-order valence-corrected chi connectivity index (χ2v) is 7.28. The number of amides is 2. The van der Waals surface area contributed by atoms with Crippen molar-refractivity contribution in [1.82, 2.24) is 9.80 Å². The molecular weight excluding hydrogens is 336 g/mol. The van der Waals surface area contributed by atoms with Gasteiger partial charge in [-0.1, -0.05) is 0 Å². The Hall–Kier alpha value is -1.86. The van der Waals surface area contributed by atoms with E-state index in [2.05, 4.69) is 0 Å². The average Bonchev–Trinajstić information content (AvgIpc) is 3.41. The highest BCUT2D eigenvalue weighted by Crippen LogP contribution is 2.28. The number of likely N-dealkylation sites (tertiary alicyclic amines) is 2. The molecule has 3 fully saturated rings. The van der Waals surface area contributed by atoms with Gasteiger partial charge in [0.15, 0.2) is 12.1 Å². The molecule has 0 radical (unpaired) electrons. The molecule has 0 aliphatic carbocycles. The standard InChI is InChI=1S/C19H26N2O5/c22-17(20-8-3-5-14(13-20)19-25-11-12-26-19)15-6-1-2-9-21(15)18(23)16-7-4-10-24-16/h4,7,10,14-15,19H,1-3,5-6,8-9,11-13H2. The molecule has 0 aromatic carbocycles. The van der Waals surface area contributed by atoms with Crippen LogP contribution >= 0.6 is 0 Å². The Labute approximate surface area is 153 Å². The molecule has 2 atom stereocenters. The number of hydrogen-bond donors (Lipinski definition) is 0. The Balaban J connectivity index is 1.45. The molecule has 3 saturated heterocycles. The third-order valence-electron chi connectivity index (χ3n) is 5.58. The van der Waals surface area contributed by atoms with Gasteiger partial charge in [0.25, 0.3) is 5.91 Å². The molecule has 4 rings (SSSR count). The monoisotopic (exact) mass is 362 g/mol. The summed E-state index contributed by atoms with van der Waals surface area (Å²) >= 11 is 0. The van der Waals surface area contributed by atoms with E-state index in [1.807, 2.05) is 4.90 Å². The quantitative estimate of drug-likeness (QED) is 0.821. The van der Waals surface area contributed by atoms with Crippen molar-refractivity contribution in [2.75, 3.05) is 32.8 Å². The Morgan fingerprint density at radius 2 is 1.88 bits per heavy atom. The number of piperidine rings is 2. The van der Waals surface area contributed by atoms with Gasteiger partial charge in [0.2, 0.25) is 5.91 Å². The lowest BCUT2D eigenvalue weighted by atomic mass is 9.94. The first-order valence-electron chi connectivity index (χ1n) is 9.60. The smallest absolute Gasteiger partial charge is 0.290 e. The maximum atomic E-state index is 13.2. The first kappa shape index (κ1) is 17.5. The van der Waals surface area contributed by atoms with E-state index in [0.717, 1.165) is 32.2 Å². The summed E-state index contributed by atoms with van der Waals surface area (Å²) in [6, 6.07) is 2.96. The van der Waals surface area contributed by atoms with Crippen LogP contribution in [0.25, 0.3) is 0 Å². The summed E-state index contributed by atoms with van der Waals surface area (Å²) in [5, 5.41) is 0. The molecule has 1 aromatic rings. The van der Waals surface area contributed by atoms with Crippen molar-refractivity contribution >= 4 is 11.8 Å². The number of ether oxygens (including phenoxy) is 2. The van der Waals surface area contributed by atoms with Crippen molar-refractivity contribution in [1.29, 1.82) is 0 Å². The van der Waals surface area contributed by atoms with E-state index in [0.29, 0.717) is 38.5 Å². The fraction of sp³-hybridized carbons (Fsp3) is 0.684. The van der Waals surface area contributed by atoms with Gasteiger partial charge in [0, 0.05) is 25.6 Å². The fourth-order valence-corrected chi connectivity index (χ4v) is 4.27. The molecule has 3 aliphatic rings. The highest BCUT2D eigenvalue weighted by Gasteiger charge is 2.39. The molecule has 2 amide bonds. The van der Waals surface area contributed by atoms with Crippen LogP contribution in [0.15, 0.2) is 22.8 Å². The number of carbonyl (C=O) groups is 2. The molecule has 3 aliphatic heterocycles. The average molecular weight is 362 g/mol. The van der Waals surface area contributed by atoms with Crippen molar-refractivity contribution in [2.45, 2.75) is 44.4 Å². The normalized spacial score (nSPS) is 27.7. The minimum Gasteiger partial charge on any atom is -0.459 e. The van der Waals surface area contributed by atoms with Crippen LogP contribution in [0.4, 0.5) is 0 Å².